The van der Waals surface area contributed by atoms with Gasteiger partial charge in [0.2, 0.25) is 0 Å². The van der Waals surface area contributed by atoms with Gasteiger partial charge >= 0.3 is 5.97 Å². The number of nitrogens with two attached hydrogens (primary N) is 1. The zero-order chi connectivity index (χ0) is 22.1. The van der Waals surface area contributed by atoms with Crippen molar-refractivity contribution in [1.29, 1.82) is 0 Å². The smallest absolute Gasteiger partial charge is 0.337 e. The van der Waals surface area contributed by atoms with Crippen LogP contribution in [-0.2, 0) is 4.74 Å². The molecule has 0 unspecified atom stereocenters. The van der Waals surface area contributed by atoms with E-state index < -0.39 is 5.97 Å². The number of anilines is 1. The number of nitrogen functional groups attached to an aromatic ring is 1. The van der Waals surface area contributed by atoms with Crippen molar-refractivity contribution in [2.75, 3.05) is 12.8 Å². The Morgan fingerprint density at radius 2 is 1.62 bits per heavy atom. The third kappa shape index (κ3) is 3.58. The standard InChI is InChI=1S/C26H20N4O2/c1-32-26(31)19-10-11-22-23(14-19)30-25(29-22)21-13-20(15-28-24(21)27)18-9-5-8-17(12-18)16-6-3-2-4-7-16/h2-15H,1H3,(H2,27,28)(H,29,30). The zero-order valence-electron chi connectivity index (χ0n) is 17.4. The zero-order valence-corrected chi connectivity index (χ0v) is 17.4. The number of fused-ring (bicyclic) bond motifs is 1. The van der Waals surface area contributed by atoms with Crippen LogP contribution in [0.3, 0.4) is 0 Å². The molecule has 0 saturated carbocycles. The Bertz CT molecular complexity index is 1440. The maximum absolute atomic E-state index is 11.8. The average molecular weight is 420 g/mol. The third-order valence-electron chi connectivity index (χ3n) is 5.38. The molecule has 5 aromatic rings. The molecular weight excluding hydrogens is 400 g/mol. The lowest BCUT2D eigenvalue weighted by Gasteiger charge is -2.08. The number of H-pyrrole nitrogens is 1. The maximum atomic E-state index is 11.8. The minimum Gasteiger partial charge on any atom is -0.465 e. The number of imidazole rings is 1. The summed E-state index contributed by atoms with van der Waals surface area (Å²) in [5, 5.41) is 0. The SMILES string of the molecule is COC(=O)c1ccc2nc(-c3cc(-c4cccc(-c5ccccc5)c4)cnc3N)[nH]c2c1. The molecule has 0 amide bonds. The van der Waals surface area contributed by atoms with Crippen molar-refractivity contribution in [3.63, 3.8) is 0 Å². The third-order valence-corrected chi connectivity index (χ3v) is 5.38. The Kier molecular flexibility index (Phi) is 4.88. The van der Waals surface area contributed by atoms with Crippen LogP contribution in [0.15, 0.2) is 85.1 Å². The molecular formula is C26H20N4O2. The second kappa shape index (κ2) is 8.00. The van der Waals surface area contributed by atoms with E-state index in [4.69, 9.17) is 10.5 Å². The van der Waals surface area contributed by atoms with Crippen molar-refractivity contribution < 1.29 is 9.53 Å². The summed E-state index contributed by atoms with van der Waals surface area (Å²) in [5.74, 6) is 0.567. The summed E-state index contributed by atoms with van der Waals surface area (Å²) in [4.78, 5) is 24.1. The van der Waals surface area contributed by atoms with Gasteiger partial charge in [-0.3, -0.25) is 0 Å². The number of carbonyl (C=O) groups excluding carboxylic acids is 1. The van der Waals surface area contributed by atoms with Gasteiger partial charge in [0.05, 0.1) is 29.3 Å². The summed E-state index contributed by atoms with van der Waals surface area (Å²) in [7, 11) is 1.36. The monoisotopic (exact) mass is 420 g/mol. The van der Waals surface area contributed by atoms with Gasteiger partial charge in [0.1, 0.15) is 11.6 Å². The lowest BCUT2D eigenvalue weighted by atomic mass is 9.99. The summed E-state index contributed by atoms with van der Waals surface area (Å²) in [5.41, 5.74) is 13.0. The van der Waals surface area contributed by atoms with Gasteiger partial charge < -0.3 is 15.5 Å². The molecule has 156 valence electrons. The fraction of sp³-hybridized carbons (Fsp3) is 0.0385. The summed E-state index contributed by atoms with van der Waals surface area (Å²) in [6.07, 6.45) is 1.76. The molecule has 0 fully saturated rings. The van der Waals surface area contributed by atoms with E-state index in [0.717, 1.165) is 33.3 Å². The van der Waals surface area contributed by atoms with Crippen LogP contribution in [0.4, 0.5) is 5.82 Å². The van der Waals surface area contributed by atoms with Crippen molar-refractivity contribution in [3.05, 3.63) is 90.6 Å². The van der Waals surface area contributed by atoms with Gasteiger partial charge in [-0.15, -0.1) is 0 Å². The van der Waals surface area contributed by atoms with E-state index in [2.05, 4.69) is 39.2 Å². The fourth-order valence-electron chi connectivity index (χ4n) is 3.71. The molecule has 0 radical (unpaired) electrons. The quantitative estimate of drug-likeness (QED) is 0.383. The van der Waals surface area contributed by atoms with Gasteiger partial charge in [-0.25, -0.2) is 14.8 Å². The minimum absolute atomic E-state index is 0.375. The largest absolute Gasteiger partial charge is 0.465 e. The molecule has 6 nitrogen and oxygen atoms in total. The van der Waals surface area contributed by atoms with E-state index in [1.807, 2.05) is 36.4 Å². The second-order valence-corrected chi connectivity index (χ2v) is 7.41. The van der Waals surface area contributed by atoms with Crippen LogP contribution in [0.25, 0.3) is 44.7 Å². The van der Waals surface area contributed by atoms with E-state index in [9.17, 15) is 4.79 Å². The number of rotatable bonds is 4. The van der Waals surface area contributed by atoms with E-state index in [-0.39, 0.29) is 0 Å². The Morgan fingerprint density at radius 3 is 2.41 bits per heavy atom. The van der Waals surface area contributed by atoms with Crippen molar-refractivity contribution >= 4 is 22.8 Å². The summed E-state index contributed by atoms with van der Waals surface area (Å²) in [6, 6.07) is 25.7. The van der Waals surface area contributed by atoms with Crippen LogP contribution in [-0.4, -0.2) is 28.0 Å². The highest BCUT2D eigenvalue weighted by Gasteiger charge is 2.14. The lowest BCUT2D eigenvalue weighted by Crippen LogP contribution is -2.00. The van der Waals surface area contributed by atoms with Crippen molar-refractivity contribution in [3.8, 4) is 33.6 Å². The molecule has 0 atom stereocenters. The number of hydrogen-bond donors (Lipinski definition) is 2. The number of methoxy groups -OCH3 is 1. The van der Waals surface area contributed by atoms with Crippen LogP contribution in [0.2, 0.25) is 0 Å². The number of esters is 1. The Labute approximate surface area is 184 Å². The molecule has 2 aromatic heterocycles. The van der Waals surface area contributed by atoms with Crippen molar-refractivity contribution in [1.82, 2.24) is 15.0 Å². The minimum atomic E-state index is -0.399. The Morgan fingerprint density at radius 1 is 0.875 bits per heavy atom. The number of pyridine rings is 1. The Hall–Kier alpha value is -4.45. The van der Waals surface area contributed by atoms with Gasteiger partial charge in [-0.2, -0.15) is 0 Å². The molecule has 0 saturated heterocycles. The van der Waals surface area contributed by atoms with Gasteiger partial charge in [0.25, 0.3) is 0 Å². The molecule has 2 heterocycles. The molecule has 0 bridgehead atoms. The average Bonchev–Trinajstić information content (AvgIpc) is 3.27. The summed E-state index contributed by atoms with van der Waals surface area (Å²) >= 11 is 0. The topological polar surface area (TPSA) is 93.9 Å². The van der Waals surface area contributed by atoms with Crippen molar-refractivity contribution in [2.24, 2.45) is 0 Å². The first-order valence-corrected chi connectivity index (χ1v) is 10.1. The first kappa shape index (κ1) is 19.5. The summed E-state index contributed by atoms with van der Waals surface area (Å²) in [6.45, 7) is 0. The first-order valence-electron chi connectivity index (χ1n) is 10.1. The number of benzene rings is 3. The van der Waals surface area contributed by atoms with Crippen LogP contribution in [0.5, 0.6) is 0 Å². The molecule has 32 heavy (non-hydrogen) atoms. The number of aromatic nitrogens is 3. The molecule has 3 N–H and O–H groups in total. The van der Waals surface area contributed by atoms with Crippen LogP contribution in [0, 0.1) is 0 Å². The number of nitrogens with zero attached hydrogens (tertiary/aromatic N) is 2. The molecule has 0 aliphatic rings. The van der Waals surface area contributed by atoms with Crippen LogP contribution < -0.4 is 5.73 Å². The fourth-order valence-corrected chi connectivity index (χ4v) is 3.71. The van der Waals surface area contributed by atoms with Gasteiger partial charge in [0.15, 0.2) is 0 Å². The molecule has 3 aromatic carbocycles. The number of carbonyl (C=O) groups is 1. The predicted octanol–water partition coefficient (Wildman–Crippen LogP) is 5.33. The molecule has 6 heteroatoms. The number of hydrogen-bond acceptors (Lipinski definition) is 5. The van der Waals surface area contributed by atoms with Crippen molar-refractivity contribution in [2.45, 2.75) is 0 Å². The van der Waals surface area contributed by atoms with Gasteiger partial charge in [0, 0.05) is 11.8 Å². The number of ether oxygens (including phenoxy) is 1. The summed E-state index contributed by atoms with van der Waals surface area (Å²) < 4.78 is 4.80. The van der Waals surface area contributed by atoms with Gasteiger partial charge in [-0.05, 0) is 47.0 Å². The molecule has 0 aliphatic carbocycles. The van der Waals surface area contributed by atoms with E-state index >= 15 is 0 Å². The highest BCUT2D eigenvalue weighted by atomic mass is 16.5. The second-order valence-electron chi connectivity index (χ2n) is 7.41. The Balaban J connectivity index is 1.56. The number of aromatic amines is 1. The molecule has 0 spiro atoms. The van der Waals surface area contributed by atoms with E-state index in [1.165, 1.54) is 7.11 Å². The van der Waals surface area contributed by atoms with E-state index in [0.29, 0.717) is 22.8 Å². The molecule has 5 rings (SSSR count). The van der Waals surface area contributed by atoms with Gasteiger partial charge in [-0.1, -0.05) is 48.5 Å². The maximum Gasteiger partial charge on any atom is 0.337 e. The highest BCUT2D eigenvalue weighted by molar-refractivity contribution is 5.94. The lowest BCUT2D eigenvalue weighted by molar-refractivity contribution is 0.0601. The molecule has 0 aliphatic heterocycles. The van der Waals surface area contributed by atoms with E-state index in [1.54, 1.807) is 24.4 Å². The van der Waals surface area contributed by atoms with Crippen LogP contribution >= 0.6 is 0 Å². The predicted molar refractivity (Wildman–Crippen MR) is 126 cm³/mol. The normalized spacial score (nSPS) is 10.9. The number of nitrogens with one attached hydrogen (secondary N) is 1. The highest BCUT2D eigenvalue weighted by Crippen LogP contribution is 2.31. The first-order chi connectivity index (χ1) is 15.6. The van der Waals surface area contributed by atoms with Crippen LogP contribution in [0.1, 0.15) is 10.4 Å².